The molecule has 0 amide bonds. The fraction of sp³-hybridized carbons (Fsp3) is 0.615. The molecular formula is C13H20N2O2. The molecule has 0 spiro atoms. The van der Waals surface area contributed by atoms with Gasteiger partial charge < -0.3 is 15.1 Å². The predicted molar refractivity (Wildman–Crippen MR) is 66.9 cm³/mol. The lowest BCUT2D eigenvalue weighted by Crippen LogP contribution is -2.32. The monoisotopic (exact) mass is 236 g/mol. The summed E-state index contributed by atoms with van der Waals surface area (Å²) in [6.07, 6.45) is 4.15. The summed E-state index contributed by atoms with van der Waals surface area (Å²) in [7, 11) is 0. The average Bonchev–Trinajstić information content (AvgIpc) is 2.86. The third-order valence-corrected chi connectivity index (χ3v) is 3.42. The van der Waals surface area contributed by atoms with Gasteiger partial charge in [-0.1, -0.05) is 6.92 Å². The van der Waals surface area contributed by atoms with Crippen LogP contribution in [0.25, 0.3) is 0 Å². The molecule has 2 atom stereocenters. The van der Waals surface area contributed by atoms with Gasteiger partial charge in [0.05, 0.1) is 36.3 Å². The van der Waals surface area contributed by atoms with E-state index < -0.39 is 6.10 Å². The molecule has 2 N–H and O–H groups in total. The predicted octanol–water partition coefficient (Wildman–Crippen LogP) is 1.49. The molecule has 0 bridgehead atoms. The molecule has 1 fully saturated rings. The van der Waals surface area contributed by atoms with E-state index in [1.165, 1.54) is 0 Å². The Morgan fingerprint density at radius 1 is 1.53 bits per heavy atom. The Morgan fingerprint density at radius 2 is 2.35 bits per heavy atom. The van der Waals surface area contributed by atoms with Gasteiger partial charge in [0, 0.05) is 6.54 Å². The first kappa shape index (κ1) is 12.3. The maximum Gasteiger partial charge on any atom is 0.0957 e. The first-order valence-electron chi connectivity index (χ1n) is 6.27. The molecule has 4 nitrogen and oxygen atoms in total. The van der Waals surface area contributed by atoms with E-state index in [-0.39, 0.29) is 12.6 Å². The van der Waals surface area contributed by atoms with Crippen LogP contribution in [0.1, 0.15) is 38.0 Å². The van der Waals surface area contributed by atoms with E-state index in [0.29, 0.717) is 6.42 Å². The summed E-state index contributed by atoms with van der Waals surface area (Å²) in [6.45, 7) is 3.10. The van der Waals surface area contributed by atoms with Crippen LogP contribution in [-0.4, -0.2) is 34.4 Å². The first-order valence-corrected chi connectivity index (χ1v) is 6.27. The molecule has 2 rings (SSSR count). The van der Waals surface area contributed by atoms with Gasteiger partial charge in [-0.15, -0.1) is 0 Å². The highest BCUT2D eigenvalue weighted by Gasteiger charge is 2.24. The van der Waals surface area contributed by atoms with E-state index in [2.05, 4.69) is 9.88 Å². The minimum atomic E-state index is -0.476. The fourth-order valence-electron chi connectivity index (χ4n) is 2.34. The van der Waals surface area contributed by atoms with Crippen molar-refractivity contribution in [3.8, 4) is 0 Å². The van der Waals surface area contributed by atoms with Crippen LogP contribution in [0.4, 0.5) is 5.69 Å². The summed E-state index contributed by atoms with van der Waals surface area (Å²) in [5, 5.41) is 18.9. The second-order valence-electron chi connectivity index (χ2n) is 4.54. The van der Waals surface area contributed by atoms with Crippen LogP contribution in [0.2, 0.25) is 0 Å². The van der Waals surface area contributed by atoms with Gasteiger partial charge in [-0.25, -0.2) is 0 Å². The maximum absolute atomic E-state index is 9.67. The Balaban J connectivity index is 2.12. The lowest BCUT2D eigenvalue weighted by Gasteiger charge is -2.25. The van der Waals surface area contributed by atoms with E-state index in [1.807, 2.05) is 19.1 Å². The Bertz CT molecular complexity index is 353. The van der Waals surface area contributed by atoms with Gasteiger partial charge in [0.1, 0.15) is 0 Å². The van der Waals surface area contributed by atoms with Crippen molar-refractivity contribution in [3.05, 3.63) is 24.0 Å². The Morgan fingerprint density at radius 3 is 2.94 bits per heavy atom. The van der Waals surface area contributed by atoms with Crippen molar-refractivity contribution in [1.29, 1.82) is 0 Å². The van der Waals surface area contributed by atoms with Gasteiger partial charge in [0.25, 0.3) is 0 Å². The molecule has 0 aromatic carbocycles. The van der Waals surface area contributed by atoms with Crippen molar-refractivity contribution in [2.45, 2.75) is 38.3 Å². The summed E-state index contributed by atoms with van der Waals surface area (Å²) in [6, 6.07) is 4.07. The van der Waals surface area contributed by atoms with E-state index in [0.717, 1.165) is 30.8 Å². The number of pyridine rings is 1. The second kappa shape index (κ2) is 5.47. The lowest BCUT2D eigenvalue weighted by molar-refractivity contribution is 0.169. The van der Waals surface area contributed by atoms with Gasteiger partial charge in [-0.2, -0.15) is 0 Å². The second-order valence-corrected chi connectivity index (χ2v) is 4.54. The van der Waals surface area contributed by atoms with Gasteiger partial charge in [0.15, 0.2) is 0 Å². The van der Waals surface area contributed by atoms with Crippen LogP contribution in [0, 0.1) is 0 Å². The minimum Gasteiger partial charge on any atom is -0.394 e. The van der Waals surface area contributed by atoms with Crippen molar-refractivity contribution in [2.75, 3.05) is 18.1 Å². The van der Waals surface area contributed by atoms with Gasteiger partial charge in [0.2, 0.25) is 0 Å². The van der Waals surface area contributed by atoms with E-state index in [9.17, 15) is 10.2 Å². The van der Waals surface area contributed by atoms with E-state index in [1.54, 1.807) is 6.20 Å². The average molecular weight is 236 g/mol. The largest absolute Gasteiger partial charge is 0.394 e. The zero-order chi connectivity index (χ0) is 12.3. The summed E-state index contributed by atoms with van der Waals surface area (Å²) < 4.78 is 0. The summed E-state index contributed by atoms with van der Waals surface area (Å²) in [5.74, 6) is 0. The number of nitrogens with zero attached hydrogens (tertiary/aromatic N) is 2. The maximum atomic E-state index is 9.67. The quantitative estimate of drug-likeness (QED) is 0.831. The molecular weight excluding hydrogens is 216 g/mol. The number of aliphatic hydroxyl groups is 2. The molecule has 1 aromatic rings. The molecule has 17 heavy (non-hydrogen) atoms. The SMILES string of the molecule is CC[C@H](O)c1ccc(N2CCCC2CO)cn1. The molecule has 0 radical (unpaired) electrons. The third kappa shape index (κ3) is 2.58. The summed E-state index contributed by atoms with van der Waals surface area (Å²) in [4.78, 5) is 6.48. The highest BCUT2D eigenvalue weighted by molar-refractivity contribution is 5.47. The van der Waals surface area contributed by atoms with Crippen molar-refractivity contribution >= 4 is 5.69 Å². The molecule has 0 saturated carbocycles. The van der Waals surface area contributed by atoms with Crippen molar-refractivity contribution in [1.82, 2.24) is 4.98 Å². The Kier molecular flexibility index (Phi) is 3.97. The van der Waals surface area contributed by atoms with Crippen LogP contribution < -0.4 is 4.90 Å². The van der Waals surface area contributed by atoms with E-state index >= 15 is 0 Å². The first-order chi connectivity index (χ1) is 8.26. The molecule has 4 heteroatoms. The molecule has 1 saturated heterocycles. The molecule has 1 unspecified atom stereocenters. The fourth-order valence-corrected chi connectivity index (χ4v) is 2.34. The number of rotatable bonds is 4. The highest BCUT2D eigenvalue weighted by Crippen LogP contribution is 2.25. The minimum absolute atomic E-state index is 0.194. The number of aromatic nitrogens is 1. The highest BCUT2D eigenvalue weighted by atomic mass is 16.3. The lowest BCUT2D eigenvalue weighted by atomic mass is 10.2. The van der Waals surface area contributed by atoms with Gasteiger partial charge in [-0.05, 0) is 31.4 Å². The Hall–Kier alpha value is -1.13. The van der Waals surface area contributed by atoms with Crippen molar-refractivity contribution in [3.63, 3.8) is 0 Å². The molecule has 2 heterocycles. The molecule has 1 aliphatic rings. The molecule has 94 valence electrons. The smallest absolute Gasteiger partial charge is 0.0957 e. The summed E-state index contributed by atoms with van der Waals surface area (Å²) in [5.41, 5.74) is 1.75. The number of aliphatic hydroxyl groups excluding tert-OH is 2. The molecule has 1 aliphatic heterocycles. The van der Waals surface area contributed by atoms with Crippen molar-refractivity contribution < 1.29 is 10.2 Å². The Labute approximate surface area is 102 Å². The van der Waals surface area contributed by atoms with E-state index in [4.69, 9.17) is 0 Å². The van der Waals surface area contributed by atoms with Crippen LogP contribution in [0.3, 0.4) is 0 Å². The number of hydrogen-bond acceptors (Lipinski definition) is 4. The van der Waals surface area contributed by atoms with Gasteiger partial charge in [-0.3, -0.25) is 4.98 Å². The zero-order valence-electron chi connectivity index (χ0n) is 10.2. The number of hydrogen-bond donors (Lipinski definition) is 2. The summed E-state index contributed by atoms with van der Waals surface area (Å²) >= 11 is 0. The van der Waals surface area contributed by atoms with Gasteiger partial charge >= 0.3 is 0 Å². The molecule has 1 aromatic heterocycles. The van der Waals surface area contributed by atoms with Crippen LogP contribution in [0.15, 0.2) is 18.3 Å². The van der Waals surface area contributed by atoms with Crippen LogP contribution in [0.5, 0.6) is 0 Å². The number of anilines is 1. The normalized spacial score (nSPS) is 21.8. The molecule has 0 aliphatic carbocycles. The zero-order valence-corrected chi connectivity index (χ0v) is 10.2. The van der Waals surface area contributed by atoms with Crippen molar-refractivity contribution in [2.24, 2.45) is 0 Å². The third-order valence-electron chi connectivity index (χ3n) is 3.42. The van der Waals surface area contributed by atoms with Crippen LogP contribution in [-0.2, 0) is 0 Å². The van der Waals surface area contributed by atoms with Crippen LogP contribution >= 0.6 is 0 Å². The standard InChI is InChI=1S/C13H20N2O2/c1-2-13(17)12-6-5-10(8-14-12)15-7-3-4-11(15)9-16/h5-6,8,11,13,16-17H,2-4,7,9H2,1H3/t11?,13-/m0/s1. The topological polar surface area (TPSA) is 56.6 Å².